The highest BCUT2D eigenvalue weighted by atomic mass is 16.5. The van der Waals surface area contributed by atoms with Crippen molar-refractivity contribution in [2.75, 3.05) is 36.0 Å². The Bertz CT molecular complexity index is 3160. The van der Waals surface area contributed by atoms with Gasteiger partial charge in [0.1, 0.15) is 23.0 Å². The molecule has 0 spiro atoms. The second-order valence-electron chi connectivity index (χ2n) is 17.6. The van der Waals surface area contributed by atoms with Gasteiger partial charge in [-0.2, -0.15) is 0 Å². The molecule has 334 valence electrons. The van der Waals surface area contributed by atoms with Crippen LogP contribution in [0.15, 0.2) is 182 Å². The van der Waals surface area contributed by atoms with Crippen LogP contribution < -0.4 is 28.4 Å². The molecule has 2 aliphatic heterocycles. The van der Waals surface area contributed by atoms with E-state index in [4.69, 9.17) is 9.47 Å². The first kappa shape index (κ1) is 41.2. The highest BCUT2D eigenvalue weighted by Crippen LogP contribution is 2.31. The van der Waals surface area contributed by atoms with E-state index in [2.05, 4.69) is 160 Å². The lowest BCUT2D eigenvalue weighted by molar-refractivity contribution is -0.572. The molecule has 0 radical (unpaired) electrons. The van der Waals surface area contributed by atoms with Crippen molar-refractivity contribution in [2.24, 2.45) is 0 Å². The second kappa shape index (κ2) is 18.2. The molecule has 2 fully saturated rings. The van der Waals surface area contributed by atoms with Gasteiger partial charge in [0.05, 0.1) is 56.2 Å². The van der Waals surface area contributed by atoms with E-state index in [1.807, 2.05) is 60.7 Å². The summed E-state index contributed by atoms with van der Waals surface area (Å²) >= 11 is 0. The molecule has 12 rings (SSSR count). The van der Waals surface area contributed by atoms with Crippen molar-refractivity contribution < 1.29 is 18.6 Å². The average Bonchev–Trinajstić information content (AvgIpc) is 4.00. The van der Waals surface area contributed by atoms with Crippen LogP contribution in [0.5, 0.6) is 23.0 Å². The number of para-hydroxylation sites is 4. The van der Waals surface area contributed by atoms with Gasteiger partial charge < -0.3 is 19.3 Å². The molecule has 2 aliphatic rings. The number of fused-ring (bicyclic) bond motifs is 2. The fourth-order valence-electron chi connectivity index (χ4n) is 9.69. The lowest BCUT2D eigenvalue weighted by Gasteiger charge is -2.28. The summed E-state index contributed by atoms with van der Waals surface area (Å²) in [6.45, 7) is 4.48. The Labute approximate surface area is 396 Å². The maximum absolute atomic E-state index is 6.50. The summed E-state index contributed by atoms with van der Waals surface area (Å²) in [4.78, 5) is 14.3. The van der Waals surface area contributed by atoms with Crippen LogP contribution in [0, 0.1) is 12.7 Å². The third-order valence-corrected chi connectivity index (χ3v) is 13.1. The van der Waals surface area contributed by atoms with Crippen molar-refractivity contribution in [1.82, 2.24) is 19.1 Å². The summed E-state index contributed by atoms with van der Waals surface area (Å²) in [6.07, 6.45) is 18.4. The third kappa shape index (κ3) is 8.30. The van der Waals surface area contributed by atoms with Crippen molar-refractivity contribution in [3.8, 4) is 57.1 Å². The van der Waals surface area contributed by atoms with Crippen molar-refractivity contribution in [3.63, 3.8) is 0 Å². The molecule has 0 unspecified atom stereocenters. The first-order valence-corrected chi connectivity index (χ1v) is 23.8. The highest BCUT2D eigenvalue weighted by Gasteiger charge is 2.18. The predicted molar refractivity (Wildman–Crippen MR) is 267 cm³/mol. The largest absolute Gasteiger partial charge is 0.458 e. The van der Waals surface area contributed by atoms with E-state index < -0.39 is 0 Å². The van der Waals surface area contributed by atoms with Gasteiger partial charge in [-0.1, -0.05) is 60.7 Å². The van der Waals surface area contributed by atoms with Gasteiger partial charge >= 0.3 is 0 Å². The Morgan fingerprint density at radius 3 is 1.22 bits per heavy atom. The molecule has 10 heteroatoms. The van der Waals surface area contributed by atoms with Crippen LogP contribution in [0.25, 0.3) is 56.2 Å². The number of nitrogens with zero attached hydrogens (tertiary/aromatic N) is 8. The first-order valence-electron chi connectivity index (χ1n) is 23.8. The summed E-state index contributed by atoms with van der Waals surface area (Å²) in [5, 5.41) is 0. The van der Waals surface area contributed by atoms with Crippen LogP contribution in [-0.4, -0.2) is 45.3 Å². The lowest BCUT2D eigenvalue weighted by atomic mass is 10.1. The highest BCUT2D eigenvalue weighted by molar-refractivity contribution is 5.76. The van der Waals surface area contributed by atoms with Gasteiger partial charge in [0, 0.05) is 62.1 Å². The Kier molecular flexibility index (Phi) is 11.0. The van der Waals surface area contributed by atoms with Gasteiger partial charge in [0.15, 0.2) is 0 Å². The van der Waals surface area contributed by atoms with Crippen LogP contribution in [0.2, 0.25) is 0 Å². The minimum Gasteiger partial charge on any atom is -0.458 e. The van der Waals surface area contributed by atoms with E-state index in [9.17, 15) is 0 Å². The van der Waals surface area contributed by atoms with Crippen LogP contribution in [0.4, 0.5) is 11.4 Å². The van der Waals surface area contributed by atoms with E-state index in [0.29, 0.717) is 34.4 Å². The van der Waals surface area contributed by atoms with E-state index in [0.717, 1.165) is 71.0 Å². The molecule has 6 aromatic carbocycles. The van der Waals surface area contributed by atoms with Crippen LogP contribution >= 0.6 is 0 Å². The predicted octanol–water partition coefficient (Wildman–Crippen LogP) is 11.8. The molecule has 0 saturated carbocycles. The molecular weight excluding hydrogens is 841 g/mol. The standard InChI is InChI=1S/C58H50N8O2/c1-7-33-61(34-8-1)43-21-25-45(26-22-43)63-41-65(57-19-5-3-17-55(57)63)47-13-11-15-49(37-47)67-51-29-31-59-53(39-51)54-40-52(30-32-60-54)68-50-16-12-14-48(38-50)66-42-64(56-18-4-6-20-58(56)66)46-27-23-44(24-28-46)62-35-9-2-10-36-62/h3-6,11-32,37-40H,1-2,7-10,33-36H2. The summed E-state index contributed by atoms with van der Waals surface area (Å²) in [5.74, 6) is 2.67. The quantitative estimate of drug-likeness (QED) is 0.0952. The van der Waals surface area contributed by atoms with Crippen LogP contribution in [0.3, 0.4) is 0 Å². The van der Waals surface area contributed by atoms with Gasteiger partial charge in [-0.25, -0.2) is 0 Å². The number of piperidine rings is 2. The SMILES string of the molecule is [c-]1n(-c2ccc(N3CCCCC3)cc2)c2ccccc2[n+]1-c1cccc(Oc2ccnc(-c3cc(Oc4cccc(-[n+]5[c-]n(-c6ccc(N7CCCCC7)cc6)c6ccccc65)c4)ccn3)c2)c1. The number of imidazole rings is 2. The summed E-state index contributed by atoms with van der Waals surface area (Å²) in [6, 6.07) is 58.2. The van der Waals surface area contributed by atoms with Crippen LogP contribution in [0.1, 0.15) is 38.5 Å². The minimum atomic E-state index is 0.642. The Morgan fingerprint density at radius 1 is 0.382 bits per heavy atom. The summed E-state index contributed by atoms with van der Waals surface area (Å²) in [7, 11) is 0. The maximum Gasteiger partial charge on any atom is 0.269 e. The van der Waals surface area contributed by atoms with E-state index in [1.54, 1.807) is 12.4 Å². The fraction of sp³-hybridized carbons (Fsp3) is 0.172. The molecule has 0 N–H and O–H groups in total. The minimum absolute atomic E-state index is 0.642. The first-order chi connectivity index (χ1) is 33.7. The van der Waals surface area contributed by atoms with Crippen LogP contribution in [-0.2, 0) is 0 Å². The number of benzene rings is 6. The third-order valence-electron chi connectivity index (χ3n) is 13.1. The molecule has 4 aromatic heterocycles. The normalized spacial score (nSPS) is 14.1. The molecule has 2 saturated heterocycles. The summed E-state index contributed by atoms with van der Waals surface area (Å²) < 4.78 is 21.5. The number of pyridine rings is 2. The molecular formula is C58H50N8O2. The number of hydrogen-bond acceptors (Lipinski definition) is 6. The molecule has 0 aliphatic carbocycles. The molecule has 0 bridgehead atoms. The van der Waals surface area contributed by atoms with E-state index in [1.165, 1.54) is 49.9 Å². The number of hydrogen-bond donors (Lipinski definition) is 0. The number of rotatable bonds is 11. The van der Waals surface area contributed by atoms with Crippen molar-refractivity contribution in [3.05, 3.63) is 195 Å². The molecule has 6 heterocycles. The van der Waals surface area contributed by atoms with Crippen molar-refractivity contribution in [1.29, 1.82) is 0 Å². The number of anilines is 2. The average molecular weight is 891 g/mol. The zero-order chi connectivity index (χ0) is 45.2. The zero-order valence-corrected chi connectivity index (χ0v) is 37.8. The van der Waals surface area contributed by atoms with Crippen molar-refractivity contribution in [2.45, 2.75) is 38.5 Å². The van der Waals surface area contributed by atoms with Gasteiger partial charge in [-0.15, -0.1) is 0 Å². The Balaban J connectivity index is 0.766. The molecule has 10 nitrogen and oxygen atoms in total. The maximum atomic E-state index is 6.50. The van der Waals surface area contributed by atoms with Gasteiger partial charge in [-0.05, 0) is 136 Å². The summed E-state index contributed by atoms with van der Waals surface area (Å²) in [5.41, 5.74) is 12.1. The van der Waals surface area contributed by atoms with Crippen molar-refractivity contribution >= 4 is 33.4 Å². The molecule has 0 amide bonds. The molecule has 68 heavy (non-hydrogen) atoms. The topological polar surface area (TPSA) is 68.3 Å². The molecule has 10 aromatic rings. The smallest absolute Gasteiger partial charge is 0.269 e. The number of aromatic nitrogens is 6. The zero-order valence-electron chi connectivity index (χ0n) is 37.8. The monoisotopic (exact) mass is 890 g/mol. The second-order valence-corrected chi connectivity index (χ2v) is 17.6. The van der Waals surface area contributed by atoms with Gasteiger partial charge in [0.2, 0.25) is 0 Å². The van der Waals surface area contributed by atoms with E-state index in [-0.39, 0.29) is 0 Å². The molecule has 0 atom stereocenters. The fourth-order valence-corrected chi connectivity index (χ4v) is 9.69. The van der Waals surface area contributed by atoms with E-state index >= 15 is 0 Å². The Morgan fingerprint density at radius 2 is 0.779 bits per heavy atom. The number of ether oxygens (including phenoxy) is 2. The lowest BCUT2D eigenvalue weighted by Crippen LogP contribution is -2.29. The van der Waals surface area contributed by atoms with Gasteiger partial charge in [-0.3, -0.25) is 28.2 Å². The Hall–Kier alpha value is -8.24. The van der Waals surface area contributed by atoms with Gasteiger partial charge in [0.25, 0.3) is 12.7 Å².